The van der Waals surface area contributed by atoms with Gasteiger partial charge in [0, 0.05) is 9.13 Å². The highest BCUT2D eigenvalue weighted by Crippen LogP contribution is 2.16. The third-order valence-corrected chi connectivity index (χ3v) is 3.92. The van der Waals surface area contributed by atoms with Crippen LogP contribution in [0.3, 0.4) is 0 Å². The Bertz CT molecular complexity index is 493. The van der Waals surface area contributed by atoms with Gasteiger partial charge in [0.05, 0.1) is 6.04 Å². The number of carbonyl (C=O) groups is 1. The van der Waals surface area contributed by atoms with Crippen LogP contribution in [0.25, 0.3) is 0 Å². The van der Waals surface area contributed by atoms with Gasteiger partial charge >= 0.3 is 0 Å². The average molecular weight is 357 g/mol. The van der Waals surface area contributed by atoms with Crippen molar-refractivity contribution in [1.82, 2.24) is 5.32 Å². The summed E-state index contributed by atoms with van der Waals surface area (Å²) in [6, 6.07) is 9.64. The maximum atomic E-state index is 12.0. The van der Waals surface area contributed by atoms with Crippen molar-refractivity contribution in [3.8, 4) is 0 Å². The first-order valence-corrected chi connectivity index (χ1v) is 7.27. The number of carbonyl (C=O) groups excluding carboxylic acids is 1. The van der Waals surface area contributed by atoms with Crippen molar-refractivity contribution in [2.45, 2.75) is 13.0 Å². The highest BCUT2D eigenvalue weighted by atomic mass is 127. The van der Waals surface area contributed by atoms with Crippen LogP contribution in [0.15, 0.2) is 41.1 Å². The summed E-state index contributed by atoms with van der Waals surface area (Å²) < 4.78 is 1.13. The first kappa shape index (κ1) is 12.6. The molecule has 0 bridgehead atoms. The van der Waals surface area contributed by atoms with Gasteiger partial charge in [-0.3, -0.25) is 4.79 Å². The minimum atomic E-state index is -0.0277. The van der Waals surface area contributed by atoms with Crippen molar-refractivity contribution in [2.24, 2.45) is 0 Å². The zero-order valence-electron chi connectivity index (χ0n) is 9.31. The molecule has 1 heterocycles. The molecule has 0 radical (unpaired) electrons. The second-order valence-corrected chi connectivity index (χ2v) is 5.78. The number of amides is 1. The van der Waals surface area contributed by atoms with E-state index in [1.807, 2.05) is 42.6 Å². The second kappa shape index (κ2) is 5.64. The minimum absolute atomic E-state index is 0.0277. The van der Waals surface area contributed by atoms with Gasteiger partial charge in [0.1, 0.15) is 0 Å². The molecule has 1 amide bonds. The standard InChI is InChI=1S/C13H12INOS/c1-9(11-6-7-17-8-11)15-13(16)10-2-4-12(14)5-3-10/h2-9H,1H3,(H,15,16). The van der Waals surface area contributed by atoms with Gasteiger partial charge in [-0.25, -0.2) is 0 Å². The molecule has 0 saturated carbocycles. The monoisotopic (exact) mass is 357 g/mol. The molecular formula is C13H12INOS. The molecule has 2 aromatic rings. The molecule has 2 rings (SSSR count). The van der Waals surface area contributed by atoms with Gasteiger partial charge in [-0.1, -0.05) is 0 Å². The Labute approximate surface area is 118 Å². The fourth-order valence-corrected chi connectivity index (χ4v) is 2.60. The second-order valence-electron chi connectivity index (χ2n) is 3.76. The van der Waals surface area contributed by atoms with Crippen LogP contribution >= 0.6 is 33.9 Å². The minimum Gasteiger partial charge on any atom is -0.345 e. The normalized spacial score (nSPS) is 12.1. The van der Waals surface area contributed by atoms with E-state index in [1.165, 1.54) is 0 Å². The van der Waals surface area contributed by atoms with E-state index in [2.05, 4.69) is 33.3 Å². The molecule has 1 N–H and O–H groups in total. The molecule has 0 saturated heterocycles. The molecule has 0 fully saturated rings. The Morgan fingerprint density at radius 2 is 2.00 bits per heavy atom. The Morgan fingerprint density at radius 3 is 2.59 bits per heavy atom. The molecule has 1 atom stereocenters. The van der Waals surface area contributed by atoms with E-state index in [0.717, 1.165) is 9.13 Å². The Hall–Kier alpha value is -0.880. The van der Waals surface area contributed by atoms with Gasteiger partial charge in [0.25, 0.3) is 5.91 Å². The SMILES string of the molecule is CC(NC(=O)c1ccc(I)cc1)c1ccsc1. The molecule has 0 spiro atoms. The lowest BCUT2D eigenvalue weighted by atomic mass is 10.1. The van der Waals surface area contributed by atoms with Gasteiger partial charge in [-0.15, -0.1) is 0 Å². The molecule has 0 aliphatic heterocycles. The summed E-state index contributed by atoms with van der Waals surface area (Å²) in [6.07, 6.45) is 0. The lowest BCUT2D eigenvalue weighted by Gasteiger charge is -2.12. The Morgan fingerprint density at radius 1 is 1.29 bits per heavy atom. The third kappa shape index (κ3) is 3.29. The first-order valence-electron chi connectivity index (χ1n) is 5.25. The van der Waals surface area contributed by atoms with E-state index in [-0.39, 0.29) is 11.9 Å². The van der Waals surface area contributed by atoms with Gasteiger partial charge in [0.15, 0.2) is 0 Å². The summed E-state index contributed by atoms with van der Waals surface area (Å²) in [5.74, 6) is -0.0277. The van der Waals surface area contributed by atoms with Crippen LogP contribution in [-0.2, 0) is 0 Å². The van der Waals surface area contributed by atoms with Crippen molar-refractivity contribution in [3.63, 3.8) is 0 Å². The van der Waals surface area contributed by atoms with Gasteiger partial charge in [-0.05, 0) is 76.2 Å². The highest BCUT2D eigenvalue weighted by Gasteiger charge is 2.11. The van der Waals surface area contributed by atoms with Crippen LogP contribution in [0, 0.1) is 3.57 Å². The zero-order valence-corrected chi connectivity index (χ0v) is 12.3. The molecule has 17 heavy (non-hydrogen) atoms. The largest absolute Gasteiger partial charge is 0.345 e. The lowest BCUT2D eigenvalue weighted by molar-refractivity contribution is 0.0940. The molecule has 88 valence electrons. The van der Waals surface area contributed by atoms with E-state index < -0.39 is 0 Å². The van der Waals surface area contributed by atoms with E-state index in [4.69, 9.17) is 0 Å². The molecule has 0 aliphatic rings. The summed E-state index contributed by atoms with van der Waals surface area (Å²) in [5.41, 5.74) is 1.85. The number of benzene rings is 1. The first-order chi connectivity index (χ1) is 8.16. The number of hydrogen-bond acceptors (Lipinski definition) is 2. The van der Waals surface area contributed by atoms with Crippen molar-refractivity contribution >= 4 is 39.8 Å². The zero-order chi connectivity index (χ0) is 12.3. The predicted octanol–water partition coefficient (Wildman–Crippen LogP) is 3.84. The predicted molar refractivity (Wildman–Crippen MR) is 79.4 cm³/mol. The summed E-state index contributed by atoms with van der Waals surface area (Å²) in [6.45, 7) is 1.99. The van der Waals surface area contributed by atoms with E-state index in [1.54, 1.807) is 11.3 Å². The summed E-state index contributed by atoms with van der Waals surface area (Å²) in [4.78, 5) is 12.0. The van der Waals surface area contributed by atoms with Crippen LogP contribution in [0.5, 0.6) is 0 Å². The smallest absolute Gasteiger partial charge is 0.251 e. The molecule has 1 aromatic carbocycles. The van der Waals surface area contributed by atoms with E-state index in [9.17, 15) is 4.79 Å². The van der Waals surface area contributed by atoms with E-state index in [0.29, 0.717) is 5.56 Å². The van der Waals surface area contributed by atoms with Crippen LogP contribution < -0.4 is 5.32 Å². The van der Waals surface area contributed by atoms with Crippen molar-refractivity contribution in [3.05, 3.63) is 55.8 Å². The van der Waals surface area contributed by atoms with E-state index >= 15 is 0 Å². The van der Waals surface area contributed by atoms with Gasteiger partial charge in [-0.2, -0.15) is 11.3 Å². The van der Waals surface area contributed by atoms with Gasteiger partial charge in [0.2, 0.25) is 0 Å². The van der Waals surface area contributed by atoms with Crippen LogP contribution in [-0.4, -0.2) is 5.91 Å². The Balaban J connectivity index is 2.04. The fourth-order valence-electron chi connectivity index (χ4n) is 1.49. The topological polar surface area (TPSA) is 29.1 Å². The van der Waals surface area contributed by atoms with Crippen LogP contribution in [0.2, 0.25) is 0 Å². The number of rotatable bonds is 3. The average Bonchev–Trinajstić information content (AvgIpc) is 2.83. The molecule has 0 aliphatic carbocycles. The highest BCUT2D eigenvalue weighted by molar-refractivity contribution is 14.1. The van der Waals surface area contributed by atoms with Crippen molar-refractivity contribution in [1.29, 1.82) is 0 Å². The maximum Gasteiger partial charge on any atom is 0.251 e. The fraction of sp³-hybridized carbons (Fsp3) is 0.154. The quantitative estimate of drug-likeness (QED) is 0.831. The van der Waals surface area contributed by atoms with Crippen molar-refractivity contribution < 1.29 is 4.79 Å². The third-order valence-electron chi connectivity index (χ3n) is 2.50. The molecule has 1 unspecified atom stereocenters. The summed E-state index contributed by atoms with van der Waals surface area (Å²) in [7, 11) is 0. The molecule has 2 nitrogen and oxygen atoms in total. The number of thiophene rings is 1. The molecular weight excluding hydrogens is 345 g/mol. The summed E-state index contributed by atoms with van der Waals surface area (Å²) >= 11 is 3.86. The lowest BCUT2D eigenvalue weighted by Crippen LogP contribution is -2.26. The molecule has 4 heteroatoms. The number of hydrogen-bond donors (Lipinski definition) is 1. The van der Waals surface area contributed by atoms with Crippen LogP contribution in [0.1, 0.15) is 28.9 Å². The van der Waals surface area contributed by atoms with Crippen LogP contribution in [0.4, 0.5) is 0 Å². The molecule has 1 aromatic heterocycles. The van der Waals surface area contributed by atoms with Gasteiger partial charge < -0.3 is 5.32 Å². The number of halogens is 1. The Kier molecular flexibility index (Phi) is 4.17. The summed E-state index contributed by atoms with van der Waals surface area (Å²) in [5, 5.41) is 7.05. The maximum absolute atomic E-state index is 12.0. The number of nitrogens with one attached hydrogen (secondary N) is 1. The van der Waals surface area contributed by atoms with Crippen molar-refractivity contribution in [2.75, 3.05) is 0 Å².